The molecule has 0 aromatic heterocycles. The van der Waals surface area contributed by atoms with Gasteiger partial charge in [-0.25, -0.2) is 4.79 Å². The Morgan fingerprint density at radius 2 is 2.53 bits per heavy atom. The molecule has 2 aliphatic heterocycles. The van der Waals surface area contributed by atoms with Crippen LogP contribution in [0.3, 0.4) is 0 Å². The lowest BCUT2D eigenvalue weighted by Crippen LogP contribution is -2.41. The molecule has 1 N–H and O–H groups in total. The van der Waals surface area contributed by atoms with Crippen molar-refractivity contribution in [2.45, 2.75) is 43.6 Å². The predicted octanol–water partition coefficient (Wildman–Crippen LogP) is 1.77. The van der Waals surface area contributed by atoms with Gasteiger partial charge in [0, 0.05) is 5.75 Å². The summed E-state index contributed by atoms with van der Waals surface area (Å²) in [5, 5.41) is 7.22. The van der Waals surface area contributed by atoms with Crippen molar-refractivity contribution in [1.29, 1.82) is 0 Å². The van der Waals surface area contributed by atoms with Gasteiger partial charge in [0.05, 0.1) is 24.1 Å². The number of carbonyl (C=O) groups is 1. The quantitative estimate of drug-likeness (QED) is 0.835. The SMILES string of the molecule is CCCC[C@H]1ON=C2[C@@H](NC(=O)OC)CS[C@@H]21. The number of alkyl carbamates (subject to hydrolysis) is 1. The smallest absolute Gasteiger partial charge is 0.407 e. The van der Waals surface area contributed by atoms with Crippen molar-refractivity contribution < 1.29 is 14.4 Å². The van der Waals surface area contributed by atoms with E-state index in [0.29, 0.717) is 5.25 Å². The maximum absolute atomic E-state index is 11.2. The number of hydrogen-bond acceptors (Lipinski definition) is 5. The van der Waals surface area contributed by atoms with E-state index in [2.05, 4.69) is 22.1 Å². The second-order valence-electron chi connectivity index (χ2n) is 4.24. The molecule has 0 aromatic rings. The van der Waals surface area contributed by atoms with Crippen LogP contribution in [-0.4, -0.2) is 42.1 Å². The molecular formula is C11H18N2O3S. The number of nitrogens with zero attached hydrogens (tertiary/aromatic N) is 1. The van der Waals surface area contributed by atoms with Gasteiger partial charge in [0.2, 0.25) is 0 Å². The van der Waals surface area contributed by atoms with Gasteiger partial charge in [0.1, 0.15) is 6.10 Å². The van der Waals surface area contributed by atoms with E-state index in [1.54, 1.807) is 11.8 Å². The average molecular weight is 258 g/mol. The number of oxime groups is 1. The number of hydrogen-bond donors (Lipinski definition) is 1. The zero-order valence-corrected chi connectivity index (χ0v) is 11.0. The molecule has 0 unspecified atom stereocenters. The molecule has 0 saturated carbocycles. The Morgan fingerprint density at radius 3 is 3.24 bits per heavy atom. The van der Waals surface area contributed by atoms with Crippen LogP contribution in [0.4, 0.5) is 4.79 Å². The third-order valence-electron chi connectivity index (χ3n) is 3.04. The minimum absolute atomic E-state index is 0.0379. The molecule has 1 amide bonds. The molecule has 0 bridgehead atoms. The first-order valence-electron chi connectivity index (χ1n) is 5.96. The molecular weight excluding hydrogens is 240 g/mol. The van der Waals surface area contributed by atoms with Gasteiger partial charge >= 0.3 is 6.09 Å². The van der Waals surface area contributed by atoms with Gasteiger partial charge in [-0.15, -0.1) is 11.8 Å². The number of carbonyl (C=O) groups excluding carboxylic acids is 1. The molecule has 0 aromatic carbocycles. The highest BCUT2D eigenvalue weighted by molar-refractivity contribution is 8.01. The van der Waals surface area contributed by atoms with Crippen LogP contribution in [0.15, 0.2) is 5.16 Å². The lowest BCUT2D eigenvalue weighted by Gasteiger charge is -2.12. The summed E-state index contributed by atoms with van der Waals surface area (Å²) in [6, 6.07) is -0.0379. The van der Waals surface area contributed by atoms with Crippen LogP contribution in [-0.2, 0) is 9.57 Å². The number of rotatable bonds is 4. The average Bonchev–Trinajstić information content (AvgIpc) is 2.90. The molecule has 2 heterocycles. The Labute approximate surface area is 105 Å². The zero-order chi connectivity index (χ0) is 12.3. The summed E-state index contributed by atoms with van der Waals surface area (Å²) in [5.74, 6) is 0.852. The topological polar surface area (TPSA) is 59.9 Å². The normalized spacial score (nSPS) is 30.5. The van der Waals surface area contributed by atoms with E-state index in [0.717, 1.165) is 30.7 Å². The summed E-state index contributed by atoms with van der Waals surface area (Å²) < 4.78 is 4.60. The summed E-state index contributed by atoms with van der Waals surface area (Å²) in [5.41, 5.74) is 0.960. The fourth-order valence-corrected chi connectivity index (χ4v) is 3.52. The highest BCUT2D eigenvalue weighted by Gasteiger charge is 2.44. The summed E-state index contributed by atoms with van der Waals surface area (Å²) in [6.45, 7) is 2.17. The van der Waals surface area contributed by atoms with Crippen LogP contribution >= 0.6 is 11.8 Å². The minimum Gasteiger partial charge on any atom is -0.453 e. The number of fused-ring (bicyclic) bond motifs is 1. The molecule has 0 spiro atoms. The summed E-state index contributed by atoms with van der Waals surface area (Å²) in [4.78, 5) is 16.6. The van der Waals surface area contributed by atoms with Gasteiger partial charge in [0.25, 0.3) is 0 Å². The van der Waals surface area contributed by atoms with Crippen LogP contribution in [0.2, 0.25) is 0 Å². The summed E-state index contributed by atoms with van der Waals surface area (Å²) in [7, 11) is 1.37. The molecule has 5 nitrogen and oxygen atoms in total. The molecule has 0 aliphatic carbocycles. The van der Waals surface area contributed by atoms with Crippen molar-refractivity contribution in [3.8, 4) is 0 Å². The number of amides is 1. The van der Waals surface area contributed by atoms with Crippen LogP contribution < -0.4 is 5.32 Å². The molecule has 6 heteroatoms. The molecule has 17 heavy (non-hydrogen) atoms. The van der Waals surface area contributed by atoms with E-state index in [1.165, 1.54) is 7.11 Å². The predicted molar refractivity (Wildman–Crippen MR) is 67.4 cm³/mol. The van der Waals surface area contributed by atoms with Gasteiger partial charge in [-0.2, -0.15) is 0 Å². The van der Waals surface area contributed by atoms with E-state index >= 15 is 0 Å². The van der Waals surface area contributed by atoms with Crippen LogP contribution in [0.5, 0.6) is 0 Å². The van der Waals surface area contributed by atoms with Gasteiger partial charge < -0.3 is 14.9 Å². The van der Waals surface area contributed by atoms with Gasteiger partial charge in [-0.05, 0) is 12.8 Å². The second kappa shape index (κ2) is 5.62. The monoisotopic (exact) mass is 258 g/mol. The second-order valence-corrected chi connectivity index (χ2v) is 5.42. The van der Waals surface area contributed by atoms with Gasteiger partial charge in [0.15, 0.2) is 0 Å². The molecule has 96 valence electrons. The van der Waals surface area contributed by atoms with E-state index in [9.17, 15) is 4.79 Å². The first kappa shape index (κ1) is 12.5. The number of unbranched alkanes of at least 4 members (excludes halogenated alkanes) is 1. The van der Waals surface area contributed by atoms with Crippen LogP contribution in [0.1, 0.15) is 26.2 Å². The largest absolute Gasteiger partial charge is 0.453 e. The fraction of sp³-hybridized carbons (Fsp3) is 0.818. The lowest BCUT2D eigenvalue weighted by molar-refractivity contribution is 0.0798. The number of nitrogens with one attached hydrogen (secondary N) is 1. The van der Waals surface area contributed by atoms with Crippen LogP contribution in [0, 0.1) is 0 Å². The molecule has 1 fully saturated rings. The Bertz CT molecular complexity index is 322. The van der Waals surface area contributed by atoms with E-state index in [4.69, 9.17) is 4.84 Å². The van der Waals surface area contributed by atoms with Crippen molar-refractivity contribution in [1.82, 2.24) is 5.32 Å². The molecule has 2 aliphatic rings. The molecule has 1 saturated heterocycles. The van der Waals surface area contributed by atoms with E-state index < -0.39 is 6.09 Å². The Balaban J connectivity index is 1.89. The maximum Gasteiger partial charge on any atom is 0.407 e. The maximum atomic E-state index is 11.2. The number of thioether (sulfide) groups is 1. The fourth-order valence-electron chi connectivity index (χ4n) is 2.09. The standard InChI is InChI=1S/C11H18N2O3S/c1-3-4-5-8-10-9(13-16-8)7(6-17-10)12-11(14)15-2/h7-8,10H,3-6H2,1-2H3,(H,12,14)/t7-,8+,10+/m0/s1. The summed E-state index contributed by atoms with van der Waals surface area (Å²) in [6.07, 6.45) is 3.12. The highest BCUT2D eigenvalue weighted by Crippen LogP contribution is 2.35. The number of methoxy groups -OCH3 is 1. The molecule has 0 radical (unpaired) electrons. The van der Waals surface area contributed by atoms with Crippen molar-refractivity contribution >= 4 is 23.6 Å². The third kappa shape index (κ3) is 2.68. The Hall–Kier alpha value is -0.910. The zero-order valence-electron chi connectivity index (χ0n) is 10.1. The van der Waals surface area contributed by atoms with Gasteiger partial charge in [-0.3, -0.25) is 0 Å². The number of ether oxygens (including phenoxy) is 1. The minimum atomic E-state index is -0.407. The van der Waals surface area contributed by atoms with Crippen molar-refractivity contribution in [3.05, 3.63) is 0 Å². The van der Waals surface area contributed by atoms with Gasteiger partial charge in [-0.1, -0.05) is 18.5 Å². The van der Waals surface area contributed by atoms with Crippen LogP contribution in [0.25, 0.3) is 0 Å². The first-order valence-corrected chi connectivity index (χ1v) is 7.00. The van der Waals surface area contributed by atoms with Crippen molar-refractivity contribution in [2.75, 3.05) is 12.9 Å². The Morgan fingerprint density at radius 1 is 1.71 bits per heavy atom. The lowest BCUT2D eigenvalue weighted by atomic mass is 10.0. The molecule has 2 rings (SSSR count). The highest BCUT2D eigenvalue weighted by atomic mass is 32.2. The summed E-state index contributed by atoms with van der Waals surface area (Å²) >= 11 is 1.81. The van der Waals surface area contributed by atoms with Crippen molar-refractivity contribution in [3.63, 3.8) is 0 Å². The van der Waals surface area contributed by atoms with E-state index in [1.807, 2.05) is 0 Å². The van der Waals surface area contributed by atoms with E-state index in [-0.39, 0.29) is 12.1 Å². The first-order chi connectivity index (χ1) is 8.26. The van der Waals surface area contributed by atoms with Crippen molar-refractivity contribution in [2.24, 2.45) is 5.16 Å². The molecule has 3 atom stereocenters. The third-order valence-corrected chi connectivity index (χ3v) is 4.47. The Kier molecular flexibility index (Phi) is 4.15.